The summed E-state index contributed by atoms with van der Waals surface area (Å²) in [4.78, 5) is 0. The van der Waals surface area contributed by atoms with Gasteiger partial charge in [0.25, 0.3) is 0 Å². The average molecular weight is 229 g/mol. The first-order valence-corrected chi connectivity index (χ1v) is 6.50. The maximum Gasteiger partial charge on any atom is 0.229 e. The molecule has 84 valence electrons. The maximum atomic E-state index is 11.1. The van der Waals surface area contributed by atoms with Crippen LogP contribution >= 0.6 is 0 Å². The Morgan fingerprint density at radius 2 is 1.93 bits per heavy atom. The van der Waals surface area contributed by atoms with Crippen molar-refractivity contribution in [1.29, 1.82) is 0 Å². The van der Waals surface area contributed by atoms with Crippen LogP contribution in [-0.2, 0) is 10.0 Å². The highest BCUT2D eigenvalue weighted by Crippen LogP contribution is 2.32. The van der Waals surface area contributed by atoms with Crippen LogP contribution in [0.1, 0.15) is 25.3 Å². The third kappa shape index (κ3) is 3.13. The van der Waals surface area contributed by atoms with Crippen LogP contribution < -0.4 is 4.72 Å². The third-order valence-electron chi connectivity index (χ3n) is 1.98. The molecule has 15 heavy (non-hydrogen) atoms. The van der Waals surface area contributed by atoms with Crippen molar-refractivity contribution < 1.29 is 13.5 Å². The van der Waals surface area contributed by atoms with Crippen LogP contribution in [0.5, 0.6) is 5.75 Å². The van der Waals surface area contributed by atoms with Gasteiger partial charge in [-0.1, -0.05) is 26.0 Å². The van der Waals surface area contributed by atoms with E-state index >= 15 is 0 Å². The Morgan fingerprint density at radius 3 is 2.40 bits per heavy atom. The van der Waals surface area contributed by atoms with Crippen molar-refractivity contribution in [3.8, 4) is 5.75 Å². The predicted molar refractivity (Wildman–Crippen MR) is 60.7 cm³/mol. The summed E-state index contributed by atoms with van der Waals surface area (Å²) in [5.74, 6) is 0.0907. The molecule has 0 saturated carbocycles. The first-order valence-electron chi connectivity index (χ1n) is 4.61. The highest BCUT2D eigenvalue weighted by Gasteiger charge is 2.13. The number of sulfonamides is 1. The zero-order valence-corrected chi connectivity index (χ0v) is 9.80. The molecule has 5 heteroatoms. The summed E-state index contributed by atoms with van der Waals surface area (Å²) in [5.41, 5.74) is 1.05. The molecule has 0 bridgehead atoms. The van der Waals surface area contributed by atoms with Crippen molar-refractivity contribution in [1.82, 2.24) is 0 Å². The molecule has 1 aromatic rings. The van der Waals surface area contributed by atoms with Crippen LogP contribution in [0.2, 0.25) is 0 Å². The minimum Gasteiger partial charge on any atom is -0.506 e. The SMILES string of the molecule is CC(C)c1cccc(O)c1NS(C)(=O)=O. The van der Waals surface area contributed by atoms with Crippen LogP contribution in [-0.4, -0.2) is 19.8 Å². The standard InChI is InChI=1S/C10H15NO3S/c1-7(2)8-5-4-6-9(12)10(8)11-15(3,13)14/h4-7,11-12H,1-3H3. The van der Waals surface area contributed by atoms with Crippen LogP contribution in [0.15, 0.2) is 18.2 Å². The molecule has 0 fully saturated rings. The number of phenolic OH excluding ortho intramolecular Hbond substituents is 1. The first-order chi connectivity index (χ1) is 6.81. The highest BCUT2D eigenvalue weighted by atomic mass is 32.2. The summed E-state index contributed by atoms with van der Waals surface area (Å²) in [5, 5.41) is 9.58. The lowest BCUT2D eigenvalue weighted by Crippen LogP contribution is -2.11. The third-order valence-corrected chi connectivity index (χ3v) is 2.56. The van der Waals surface area contributed by atoms with Gasteiger partial charge in [-0.2, -0.15) is 0 Å². The molecule has 0 aliphatic heterocycles. The van der Waals surface area contributed by atoms with E-state index in [0.717, 1.165) is 11.8 Å². The Labute approximate surface area is 90.0 Å². The zero-order chi connectivity index (χ0) is 11.6. The van der Waals surface area contributed by atoms with Crippen molar-refractivity contribution in [3.05, 3.63) is 23.8 Å². The molecule has 0 aromatic heterocycles. The van der Waals surface area contributed by atoms with Gasteiger partial charge in [-0.3, -0.25) is 4.72 Å². The molecule has 0 amide bonds. The minimum absolute atomic E-state index is 0.0494. The van der Waals surface area contributed by atoms with Gasteiger partial charge in [0.05, 0.1) is 11.9 Å². The fourth-order valence-electron chi connectivity index (χ4n) is 1.34. The number of hydrogen-bond donors (Lipinski definition) is 2. The maximum absolute atomic E-state index is 11.1. The number of anilines is 1. The van der Waals surface area contributed by atoms with E-state index in [2.05, 4.69) is 4.72 Å². The minimum atomic E-state index is -3.37. The number of nitrogens with one attached hydrogen (secondary N) is 1. The summed E-state index contributed by atoms with van der Waals surface area (Å²) in [6, 6.07) is 4.94. The molecule has 1 aromatic carbocycles. The normalized spacial score (nSPS) is 11.7. The molecule has 0 aliphatic rings. The van der Waals surface area contributed by atoms with Crippen molar-refractivity contribution in [2.24, 2.45) is 0 Å². The predicted octanol–water partition coefficient (Wildman–Crippen LogP) is 1.89. The Hall–Kier alpha value is -1.23. The van der Waals surface area contributed by atoms with Crippen molar-refractivity contribution in [2.45, 2.75) is 19.8 Å². The fourth-order valence-corrected chi connectivity index (χ4v) is 1.93. The molecular weight excluding hydrogens is 214 g/mol. The van der Waals surface area contributed by atoms with Gasteiger partial charge >= 0.3 is 0 Å². The summed E-state index contributed by atoms with van der Waals surface area (Å²) >= 11 is 0. The van der Waals surface area contributed by atoms with Crippen LogP contribution in [0, 0.1) is 0 Å². The molecule has 0 unspecified atom stereocenters. The molecule has 4 nitrogen and oxygen atoms in total. The van der Waals surface area contributed by atoms with Gasteiger partial charge in [-0.25, -0.2) is 8.42 Å². The lowest BCUT2D eigenvalue weighted by molar-refractivity contribution is 0.476. The van der Waals surface area contributed by atoms with Gasteiger partial charge in [0.1, 0.15) is 5.75 Å². The summed E-state index contributed by atoms with van der Waals surface area (Å²) < 4.78 is 24.5. The van der Waals surface area contributed by atoms with Gasteiger partial charge in [0.2, 0.25) is 10.0 Å². The van der Waals surface area contributed by atoms with Gasteiger partial charge < -0.3 is 5.11 Å². The van der Waals surface area contributed by atoms with Crippen LogP contribution in [0.4, 0.5) is 5.69 Å². The van der Waals surface area contributed by atoms with E-state index in [1.165, 1.54) is 6.07 Å². The Balaban J connectivity index is 3.25. The lowest BCUT2D eigenvalue weighted by atomic mass is 10.0. The van der Waals surface area contributed by atoms with E-state index in [4.69, 9.17) is 0 Å². The molecule has 2 N–H and O–H groups in total. The van der Waals surface area contributed by atoms with Crippen molar-refractivity contribution >= 4 is 15.7 Å². The topological polar surface area (TPSA) is 66.4 Å². The van der Waals surface area contributed by atoms with E-state index in [-0.39, 0.29) is 17.4 Å². The molecule has 1 rings (SSSR count). The largest absolute Gasteiger partial charge is 0.506 e. The van der Waals surface area contributed by atoms with Crippen molar-refractivity contribution in [2.75, 3.05) is 11.0 Å². The molecule has 0 saturated heterocycles. The number of hydrogen-bond acceptors (Lipinski definition) is 3. The molecule has 0 atom stereocenters. The van der Waals surface area contributed by atoms with E-state index in [1.54, 1.807) is 12.1 Å². The number of rotatable bonds is 3. The quantitative estimate of drug-likeness (QED) is 0.778. The molecule has 0 aliphatic carbocycles. The Bertz CT molecular complexity index is 452. The number of phenols is 1. The second-order valence-electron chi connectivity index (χ2n) is 3.77. The highest BCUT2D eigenvalue weighted by molar-refractivity contribution is 7.92. The Morgan fingerprint density at radius 1 is 1.33 bits per heavy atom. The lowest BCUT2D eigenvalue weighted by Gasteiger charge is -2.14. The van der Waals surface area contributed by atoms with E-state index in [1.807, 2.05) is 13.8 Å². The molecular formula is C10H15NO3S. The smallest absolute Gasteiger partial charge is 0.229 e. The average Bonchev–Trinajstić information content (AvgIpc) is 2.05. The second-order valence-corrected chi connectivity index (χ2v) is 5.52. The van der Waals surface area contributed by atoms with Gasteiger partial charge in [0.15, 0.2) is 0 Å². The molecule has 0 radical (unpaired) electrons. The van der Waals surface area contributed by atoms with Gasteiger partial charge in [-0.15, -0.1) is 0 Å². The monoisotopic (exact) mass is 229 g/mol. The van der Waals surface area contributed by atoms with Crippen LogP contribution in [0.3, 0.4) is 0 Å². The number of benzene rings is 1. The summed E-state index contributed by atoms with van der Waals surface area (Å²) in [7, 11) is -3.37. The van der Waals surface area contributed by atoms with E-state index < -0.39 is 10.0 Å². The fraction of sp³-hybridized carbons (Fsp3) is 0.400. The van der Waals surface area contributed by atoms with Crippen molar-refractivity contribution in [3.63, 3.8) is 0 Å². The van der Waals surface area contributed by atoms with Gasteiger partial charge in [-0.05, 0) is 17.5 Å². The summed E-state index contributed by atoms with van der Waals surface area (Å²) in [6.45, 7) is 3.87. The molecule has 0 heterocycles. The molecule has 0 spiro atoms. The first kappa shape index (κ1) is 11.8. The number of para-hydroxylation sites is 1. The van der Waals surface area contributed by atoms with Gasteiger partial charge in [0, 0.05) is 0 Å². The second kappa shape index (κ2) is 4.10. The van der Waals surface area contributed by atoms with E-state index in [9.17, 15) is 13.5 Å². The van der Waals surface area contributed by atoms with Crippen LogP contribution in [0.25, 0.3) is 0 Å². The number of aromatic hydroxyl groups is 1. The van der Waals surface area contributed by atoms with E-state index in [0.29, 0.717) is 0 Å². The zero-order valence-electron chi connectivity index (χ0n) is 8.98. The Kier molecular flexibility index (Phi) is 3.24. The summed E-state index contributed by atoms with van der Waals surface area (Å²) in [6.07, 6.45) is 1.06.